The second-order valence-electron chi connectivity index (χ2n) is 5.00. The first-order valence-electron chi connectivity index (χ1n) is 6.44. The minimum atomic E-state index is -0.808. The molecule has 2 rings (SSSR count). The van der Waals surface area contributed by atoms with Crippen LogP contribution in [0.1, 0.15) is 6.42 Å². The normalized spacial score (nSPS) is 22.2. The monoisotopic (exact) mass is 264 g/mol. The molecule has 0 radical (unpaired) electrons. The third kappa shape index (κ3) is 3.94. The molecule has 1 amide bonds. The SMILES string of the molecule is CN(CC1(O)CCNC1)C(=O)COc1ccccc1. The number of ether oxygens (including phenoxy) is 1. The first-order chi connectivity index (χ1) is 9.09. The van der Waals surface area contributed by atoms with Gasteiger partial charge in [0.15, 0.2) is 6.61 Å². The molecule has 5 nitrogen and oxygen atoms in total. The highest BCUT2D eigenvalue weighted by molar-refractivity contribution is 5.77. The van der Waals surface area contributed by atoms with Gasteiger partial charge in [0.1, 0.15) is 5.75 Å². The highest BCUT2D eigenvalue weighted by Crippen LogP contribution is 2.15. The van der Waals surface area contributed by atoms with Crippen molar-refractivity contribution in [3.05, 3.63) is 30.3 Å². The first-order valence-corrected chi connectivity index (χ1v) is 6.44. The smallest absolute Gasteiger partial charge is 0.260 e. The number of para-hydroxylation sites is 1. The molecule has 104 valence electrons. The van der Waals surface area contributed by atoms with Gasteiger partial charge < -0.3 is 20.1 Å². The van der Waals surface area contributed by atoms with E-state index in [4.69, 9.17) is 4.74 Å². The first kappa shape index (κ1) is 13.8. The molecule has 1 atom stereocenters. The number of nitrogens with one attached hydrogen (secondary N) is 1. The standard InChI is InChI=1S/C14H20N2O3/c1-16(11-14(18)7-8-15-10-14)13(17)9-19-12-5-3-2-4-6-12/h2-6,15,18H,7-11H2,1H3. The molecule has 1 unspecified atom stereocenters. The van der Waals surface area contributed by atoms with Gasteiger partial charge in [-0.05, 0) is 25.1 Å². The fourth-order valence-electron chi connectivity index (χ4n) is 2.17. The van der Waals surface area contributed by atoms with E-state index in [1.54, 1.807) is 7.05 Å². The van der Waals surface area contributed by atoms with E-state index in [2.05, 4.69) is 5.32 Å². The number of likely N-dealkylation sites (N-methyl/N-ethyl adjacent to an activating group) is 1. The Morgan fingerprint density at radius 3 is 2.84 bits per heavy atom. The number of aliphatic hydroxyl groups is 1. The zero-order valence-electron chi connectivity index (χ0n) is 11.1. The van der Waals surface area contributed by atoms with Crippen LogP contribution < -0.4 is 10.1 Å². The summed E-state index contributed by atoms with van der Waals surface area (Å²) in [5.41, 5.74) is -0.808. The molecular weight excluding hydrogens is 244 g/mol. The highest BCUT2D eigenvalue weighted by atomic mass is 16.5. The Morgan fingerprint density at radius 1 is 1.47 bits per heavy atom. The van der Waals surface area contributed by atoms with Gasteiger partial charge >= 0.3 is 0 Å². The van der Waals surface area contributed by atoms with Gasteiger partial charge in [0, 0.05) is 13.6 Å². The number of carbonyl (C=O) groups is 1. The number of benzene rings is 1. The average Bonchev–Trinajstić information content (AvgIpc) is 2.83. The Morgan fingerprint density at radius 2 is 2.21 bits per heavy atom. The third-order valence-electron chi connectivity index (χ3n) is 3.28. The molecule has 1 heterocycles. The molecule has 1 aliphatic heterocycles. The van der Waals surface area contributed by atoms with E-state index in [9.17, 15) is 9.90 Å². The molecule has 2 N–H and O–H groups in total. The lowest BCUT2D eigenvalue weighted by molar-refractivity contribution is -0.135. The van der Waals surface area contributed by atoms with Gasteiger partial charge in [0.25, 0.3) is 5.91 Å². The van der Waals surface area contributed by atoms with Crippen molar-refractivity contribution in [1.82, 2.24) is 10.2 Å². The zero-order chi connectivity index (χ0) is 13.7. The van der Waals surface area contributed by atoms with Gasteiger partial charge in [-0.2, -0.15) is 0 Å². The van der Waals surface area contributed by atoms with Crippen LogP contribution in [-0.4, -0.2) is 54.8 Å². The summed E-state index contributed by atoms with van der Waals surface area (Å²) in [4.78, 5) is 13.4. The van der Waals surface area contributed by atoms with Crippen molar-refractivity contribution in [3.8, 4) is 5.75 Å². The van der Waals surface area contributed by atoms with Crippen molar-refractivity contribution in [1.29, 1.82) is 0 Å². The Bertz CT molecular complexity index is 416. The second kappa shape index (κ2) is 6.04. The molecule has 19 heavy (non-hydrogen) atoms. The van der Waals surface area contributed by atoms with Gasteiger partial charge in [-0.25, -0.2) is 0 Å². The predicted molar refractivity (Wildman–Crippen MR) is 72.0 cm³/mol. The molecule has 0 aliphatic carbocycles. The number of rotatable bonds is 5. The van der Waals surface area contributed by atoms with Crippen LogP contribution in [0.2, 0.25) is 0 Å². The minimum Gasteiger partial charge on any atom is -0.484 e. The molecule has 1 aromatic rings. The van der Waals surface area contributed by atoms with Crippen molar-refractivity contribution < 1.29 is 14.6 Å². The lowest BCUT2D eigenvalue weighted by atomic mass is 10.0. The Kier molecular flexibility index (Phi) is 4.39. The Balaban J connectivity index is 1.79. The second-order valence-corrected chi connectivity index (χ2v) is 5.00. The Hall–Kier alpha value is -1.59. The zero-order valence-corrected chi connectivity index (χ0v) is 11.1. The van der Waals surface area contributed by atoms with Crippen LogP contribution in [0.25, 0.3) is 0 Å². The molecule has 5 heteroatoms. The summed E-state index contributed by atoms with van der Waals surface area (Å²) in [5.74, 6) is 0.537. The van der Waals surface area contributed by atoms with Gasteiger partial charge in [-0.3, -0.25) is 4.79 Å². The van der Waals surface area contributed by atoms with Crippen LogP contribution in [0, 0.1) is 0 Å². The molecule has 0 aromatic heterocycles. The molecule has 1 saturated heterocycles. The van der Waals surface area contributed by atoms with Crippen molar-refractivity contribution in [2.75, 3.05) is 33.3 Å². The summed E-state index contributed by atoms with van der Waals surface area (Å²) in [6, 6.07) is 9.22. The van der Waals surface area contributed by atoms with Crippen LogP contribution in [0.3, 0.4) is 0 Å². The lowest BCUT2D eigenvalue weighted by Gasteiger charge is -2.28. The summed E-state index contributed by atoms with van der Waals surface area (Å²) in [6.45, 7) is 1.64. The third-order valence-corrected chi connectivity index (χ3v) is 3.28. The van der Waals surface area contributed by atoms with Gasteiger partial charge in [0.2, 0.25) is 0 Å². The van der Waals surface area contributed by atoms with E-state index in [1.807, 2.05) is 30.3 Å². The number of hydrogen-bond acceptors (Lipinski definition) is 4. The maximum Gasteiger partial charge on any atom is 0.260 e. The van der Waals surface area contributed by atoms with Crippen LogP contribution in [0.4, 0.5) is 0 Å². The molecule has 0 saturated carbocycles. The Labute approximate surface area is 113 Å². The molecular formula is C14H20N2O3. The van der Waals surface area contributed by atoms with Crippen LogP contribution >= 0.6 is 0 Å². The van der Waals surface area contributed by atoms with Crippen molar-refractivity contribution in [2.45, 2.75) is 12.0 Å². The molecule has 1 aromatic carbocycles. The van der Waals surface area contributed by atoms with Crippen LogP contribution in [0.5, 0.6) is 5.75 Å². The summed E-state index contributed by atoms with van der Waals surface area (Å²) in [7, 11) is 1.69. The fraction of sp³-hybridized carbons (Fsp3) is 0.500. The molecule has 0 spiro atoms. The van der Waals surface area contributed by atoms with E-state index >= 15 is 0 Å². The topological polar surface area (TPSA) is 61.8 Å². The van der Waals surface area contributed by atoms with Gasteiger partial charge in [-0.1, -0.05) is 18.2 Å². The summed E-state index contributed by atoms with van der Waals surface area (Å²) >= 11 is 0. The molecule has 1 aliphatic rings. The van der Waals surface area contributed by atoms with Crippen LogP contribution in [0.15, 0.2) is 30.3 Å². The van der Waals surface area contributed by atoms with Gasteiger partial charge in [-0.15, -0.1) is 0 Å². The van der Waals surface area contributed by atoms with E-state index in [0.717, 1.165) is 6.54 Å². The maximum absolute atomic E-state index is 11.9. The number of nitrogens with zero attached hydrogens (tertiary/aromatic N) is 1. The summed E-state index contributed by atoms with van der Waals surface area (Å²) in [5, 5.41) is 13.3. The van der Waals surface area contributed by atoms with Crippen molar-refractivity contribution in [3.63, 3.8) is 0 Å². The number of carbonyl (C=O) groups excluding carboxylic acids is 1. The van der Waals surface area contributed by atoms with E-state index in [-0.39, 0.29) is 12.5 Å². The van der Waals surface area contributed by atoms with E-state index < -0.39 is 5.60 Å². The quantitative estimate of drug-likeness (QED) is 0.800. The van der Waals surface area contributed by atoms with Crippen molar-refractivity contribution in [2.24, 2.45) is 0 Å². The predicted octanol–water partition coefficient (Wildman–Crippen LogP) is 0.248. The minimum absolute atomic E-state index is 0.00990. The largest absolute Gasteiger partial charge is 0.484 e. The summed E-state index contributed by atoms with van der Waals surface area (Å²) < 4.78 is 5.40. The van der Waals surface area contributed by atoms with Gasteiger partial charge in [0.05, 0.1) is 12.1 Å². The number of β-amino-alcohol motifs (C(OH)–C–C–N with tert-alkyl or cyclic N) is 1. The maximum atomic E-state index is 11.9. The average molecular weight is 264 g/mol. The van der Waals surface area contributed by atoms with E-state index in [0.29, 0.717) is 25.3 Å². The highest BCUT2D eigenvalue weighted by Gasteiger charge is 2.33. The van der Waals surface area contributed by atoms with E-state index in [1.165, 1.54) is 4.90 Å². The fourth-order valence-corrected chi connectivity index (χ4v) is 2.17. The molecule has 1 fully saturated rings. The summed E-state index contributed by atoms with van der Waals surface area (Å²) in [6.07, 6.45) is 0.671. The number of amides is 1. The number of hydrogen-bond donors (Lipinski definition) is 2. The molecule has 0 bridgehead atoms. The van der Waals surface area contributed by atoms with Crippen LogP contribution in [-0.2, 0) is 4.79 Å². The van der Waals surface area contributed by atoms with Crippen molar-refractivity contribution >= 4 is 5.91 Å². The lowest BCUT2D eigenvalue weighted by Crippen LogP contribution is -2.46.